The van der Waals surface area contributed by atoms with Crippen molar-refractivity contribution in [3.63, 3.8) is 0 Å². The molecule has 0 aliphatic rings. The molecule has 0 fully saturated rings. The molecule has 3 N–H and O–H groups in total. The zero-order valence-electron chi connectivity index (χ0n) is 14.5. The van der Waals surface area contributed by atoms with Crippen molar-refractivity contribution in [3.8, 4) is 0 Å². The standard InChI is InChI=1S/C18H27NO4/c1-12(2)10-22-17(20)15(14-8-6-5-7-9-14)16(19)18(21)23-11-13(3)4/h5-9,12-13,15-16H,10-11,19H2,1-4H3/p+1/t15-,16+/m1/s1. The number of carbonyl (C=O) groups excluding carboxylic acids is 2. The lowest BCUT2D eigenvalue weighted by molar-refractivity contribution is -0.412. The zero-order chi connectivity index (χ0) is 17.4. The van der Waals surface area contributed by atoms with E-state index in [-0.39, 0.29) is 11.8 Å². The number of rotatable bonds is 8. The van der Waals surface area contributed by atoms with Gasteiger partial charge in [0.15, 0.2) is 0 Å². The van der Waals surface area contributed by atoms with Gasteiger partial charge < -0.3 is 15.2 Å². The Bertz CT molecular complexity index is 499. The van der Waals surface area contributed by atoms with Crippen LogP contribution in [-0.2, 0) is 19.1 Å². The second-order valence-corrected chi connectivity index (χ2v) is 6.54. The molecule has 0 unspecified atom stereocenters. The Morgan fingerprint density at radius 1 is 0.913 bits per heavy atom. The summed E-state index contributed by atoms with van der Waals surface area (Å²) in [5, 5.41) is 0. The fraction of sp³-hybridized carbons (Fsp3) is 0.556. The highest BCUT2D eigenvalue weighted by molar-refractivity contribution is 5.87. The Balaban J connectivity index is 2.90. The number of ether oxygens (including phenoxy) is 2. The van der Waals surface area contributed by atoms with Crippen LogP contribution < -0.4 is 5.73 Å². The van der Waals surface area contributed by atoms with Gasteiger partial charge in [-0.05, 0) is 17.4 Å². The second-order valence-electron chi connectivity index (χ2n) is 6.54. The third-order valence-electron chi connectivity index (χ3n) is 3.24. The highest BCUT2D eigenvalue weighted by Gasteiger charge is 2.38. The third-order valence-corrected chi connectivity index (χ3v) is 3.24. The number of benzene rings is 1. The van der Waals surface area contributed by atoms with Gasteiger partial charge in [0.05, 0.1) is 13.2 Å². The van der Waals surface area contributed by atoms with Gasteiger partial charge in [-0.1, -0.05) is 58.0 Å². The van der Waals surface area contributed by atoms with Crippen LogP contribution in [-0.4, -0.2) is 31.2 Å². The molecule has 1 aromatic carbocycles. The molecule has 0 aromatic heterocycles. The van der Waals surface area contributed by atoms with Crippen molar-refractivity contribution in [2.45, 2.75) is 39.7 Å². The first kappa shape index (κ1) is 19.2. The first-order valence-electron chi connectivity index (χ1n) is 8.04. The maximum absolute atomic E-state index is 12.5. The number of hydrogen-bond acceptors (Lipinski definition) is 4. The van der Waals surface area contributed by atoms with Gasteiger partial charge in [-0.3, -0.25) is 4.79 Å². The largest absolute Gasteiger partial charge is 0.465 e. The minimum absolute atomic E-state index is 0.228. The molecular weight excluding hydrogens is 294 g/mol. The zero-order valence-corrected chi connectivity index (χ0v) is 14.5. The maximum Gasteiger partial charge on any atom is 0.366 e. The molecule has 0 aliphatic carbocycles. The molecule has 0 bridgehead atoms. The predicted molar refractivity (Wildman–Crippen MR) is 87.5 cm³/mol. The van der Waals surface area contributed by atoms with Gasteiger partial charge >= 0.3 is 11.9 Å². The van der Waals surface area contributed by atoms with E-state index in [1.807, 2.05) is 45.9 Å². The van der Waals surface area contributed by atoms with Gasteiger partial charge in [0.1, 0.15) is 5.92 Å². The fourth-order valence-corrected chi connectivity index (χ4v) is 2.02. The van der Waals surface area contributed by atoms with Crippen molar-refractivity contribution in [2.24, 2.45) is 11.8 Å². The second kappa shape index (κ2) is 9.30. The van der Waals surface area contributed by atoms with Crippen LogP contribution >= 0.6 is 0 Å². The first-order valence-corrected chi connectivity index (χ1v) is 8.04. The van der Waals surface area contributed by atoms with Gasteiger partial charge in [-0.2, -0.15) is 0 Å². The number of esters is 2. The molecule has 128 valence electrons. The van der Waals surface area contributed by atoms with Crippen molar-refractivity contribution >= 4 is 11.9 Å². The molecule has 0 saturated carbocycles. The summed E-state index contributed by atoms with van der Waals surface area (Å²) in [7, 11) is 0. The molecule has 5 heteroatoms. The number of carbonyl (C=O) groups is 2. The lowest BCUT2D eigenvalue weighted by atomic mass is 9.92. The van der Waals surface area contributed by atoms with Crippen LogP contribution in [0.2, 0.25) is 0 Å². The lowest BCUT2D eigenvalue weighted by Gasteiger charge is -2.20. The van der Waals surface area contributed by atoms with E-state index in [9.17, 15) is 9.59 Å². The van der Waals surface area contributed by atoms with E-state index >= 15 is 0 Å². The SMILES string of the molecule is CC(C)COC(=O)[C@@H]([NH3+])[C@H](C(=O)OCC(C)C)c1ccccc1. The third kappa shape index (κ3) is 6.40. The summed E-state index contributed by atoms with van der Waals surface area (Å²) in [6, 6.07) is 8.27. The summed E-state index contributed by atoms with van der Waals surface area (Å²) in [6.45, 7) is 8.46. The van der Waals surface area contributed by atoms with Crippen LogP contribution in [0.4, 0.5) is 0 Å². The van der Waals surface area contributed by atoms with Crippen LogP contribution in [0.5, 0.6) is 0 Å². The van der Waals surface area contributed by atoms with Gasteiger partial charge in [-0.15, -0.1) is 0 Å². The normalized spacial score (nSPS) is 13.7. The highest BCUT2D eigenvalue weighted by Crippen LogP contribution is 2.21. The lowest BCUT2D eigenvalue weighted by Crippen LogP contribution is -2.69. The molecule has 0 amide bonds. The number of hydrogen-bond donors (Lipinski definition) is 1. The Labute approximate surface area is 138 Å². The smallest absolute Gasteiger partial charge is 0.366 e. The van der Waals surface area contributed by atoms with Crippen molar-refractivity contribution in [2.75, 3.05) is 13.2 Å². The quantitative estimate of drug-likeness (QED) is 0.740. The molecule has 2 atom stereocenters. The van der Waals surface area contributed by atoms with Crippen LogP contribution in [0.25, 0.3) is 0 Å². The summed E-state index contributed by atoms with van der Waals surface area (Å²) in [5.74, 6) is -1.21. The molecule has 1 aromatic rings. The van der Waals surface area contributed by atoms with Crippen LogP contribution in [0, 0.1) is 11.8 Å². The Kier molecular flexibility index (Phi) is 7.75. The van der Waals surface area contributed by atoms with Crippen molar-refractivity contribution < 1.29 is 24.8 Å². The molecule has 5 nitrogen and oxygen atoms in total. The minimum atomic E-state index is -0.837. The molecule has 0 saturated heterocycles. The first-order chi connectivity index (χ1) is 10.8. The van der Waals surface area contributed by atoms with Crippen LogP contribution in [0.1, 0.15) is 39.2 Å². The monoisotopic (exact) mass is 322 g/mol. The van der Waals surface area contributed by atoms with E-state index < -0.39 is 23.9 Å². The summed E-state index contributed by atoms with van der Waals surface area (Å²) >= 11 is 0. The van der Waals surface area contributed by atoms with E-state index in [2.05, 4.69) is 5.73 Å². The Hall–Kier alpha value is -1.88. The molecular formula is C18H28NO4+. The highest BCUT2D eigenvalue weighted by atomic mass is 16.5. The van der Waals surface area contributed by atoms with Gasteiger partial charge in [0.25, 0.3) is 0 Å². The molecule has 0 radical (unpaired) electrons. The predicted octanol–water partition coefficient (Wildman–Crippen LogP) is 1.78. The maximum atomic E-state index is 12.5. The average Bonchev–Trinajstić information content (AvgIpc) is 2.51. The Morgan fingerprint density at radius 3 is 1.87 bits per heavy atom. The molecule has 0 aliphatic heterocycles. The average molecular weight is 322 g/mol. The van der Waals surface area contributed by atoms with Crippen molar-refractivity contribution in [1.29, 1.82) is 0 Å². The summed E-state index contributed by atoms with van der Waals surface area (Å²) in [5.41, 5.74) is 4.58. The van der Waals surface area contributed by atoms with Crippen molar-refractivity contribution in [3.05, 3.63) is 35.9 Å². The van der Waals surface area contributed by atoms with E-state index in [1.54, 1.807) is 12.1 Å². The Morgan fingerprint density at radius 2 is 1.39 bits per heavy atom. The van der Waals surface area contributed by atoms with Gasteiger partial charge in [0.2, 0.25) is 6.04 Å². The summed E-state index contributed by atoms with van der Waals surface area (Å²) < 4.78 is 10.6. The van der Waals surface area contributed by atoms with E-state index in [0.29, 0.717) is 18.8 Å². The number of quaternary nitrogens is 1. The minimum Gasteiger partial charge on any atom is -0.465 e. The fourth-order valence-electron chi connectivity index (χ4n) is 2.02. The molecule has 1 rings (SSSR count). The van der Waals surface area contributed by atoms with Gasteiger partial charge in [-0.25, -0.2) is 4.79 Å². The van der Waals surface area contributed by atoms with E-state index in [4.69, 9.17) is 9.47 Å². The van der Waals surface area contributed by atoms with E-state index in [0.717, 1.165) is 0 Å². The van der Waals surface area contributed by atoms with Crippen LogP contribution in [0.15, 0.2) is 30.3 Å². The summed E-state index contributed by atoms with van der Waals surface area (Å²) in [4.78, 5) is 24.7. The van der Waals surface area contributed by atoms with Crippen LogP contribution in [0.3, 0.4) is 0 Å². The molecule has 0 spiro atoms. The molecule has 23 heavy (non-hydrogen) atoms. The van der Waals surface area contributed by atoms with E-state index in [1.165, 1.54) is 0 Å². The van der Waals surface area contributed by atoms with Gasteiger partial charge in [0, 0.05) is 0 Å². The molecule has 0 heterocycles. The van der Waals surface area contributed by atoms with Crippen molar-refractivity contribution in [1.82, 2.24) is 0 Å². The summed E-state index contributed by atoms with van der Waals surface area (Å²) in [6.07, 6.45) is 0. The topological polar surface area (TPSA) is 80.2 Å².